The van der Waals surface area contributed by atoms with Crippen molar-refractivity contribution < 1.29 is 9.59 Å². The third-order valence-electron chi connectivity index (χ3n) is 5.55. The van der Waals surface area contributed by atoms with Crippen LogP contribution in [0.1, 0.15) is 24.0 Å². The Morgan fingerprint density at radius 3 is 2.78 bits per heavy atom. The van der Waals surface area contributed by atoms with Crippen LogP contribution in [0.2, 0.25) is 0 Å². The zero-order valence-electron chi connectivity index (χ0n) is 15.6. The standard InChI is InChI=1S/C22H25N3O2/c1-16-7-2-3-8-17(16)13-24-12-6-9-18(14-24)22(27)25-15-21(26)23-19-10-4-5-11-20(19)25/h2-5,7-8,10-11,18H,6,9,12-15H2,1H3,(H,23,26). The van der Waals surface area contributed by atoms with E-state index in [4.69, 9.17) is 0 Å². The number of likely N-dealkylation sites (tertiary alicyclic amines) is 1. The Labute approximate surface area is 160 Å². The number of nitrogens with one attached hydrogen (secondary N) is 1. The lowest BCUT2D eigenvalue weighted by atomic mass is 9.95. The minimum Gasteiger partial charge on any atom is -0.323 e. The number of rotatable bonds is 3. The Hall–Kier alpha value is -2.66. The number of para-hydroxylation sites is 2. The summed E-state index contributed by atoms with van der Waals surface area (Å²) in [4.78, 5) is 29.3. The second kappa shape index (κ2) is 7.53. The van der Waals surface area contributed by atoms with Gasteiger partial charge < -0.3 is 10.2 Å². The first kappa shape index (κ1) is 17.7. The van der Waals surface area contributed by atoms with Crippen LogP contribution in [0.4, 0.5) is 11.4 Å². The molecule has 0 aromatic heterocycles. The molecule has 2 amide bonds. The van der Waals surface area contributed by atoms with Crippen molar-refractivity contribution in [3.63, 3.8) is 0 Å². The van der Waals surface area contributed by atoms with Crippen LogP contribution >= 0.6 is 0 Å². The topological polar surface area (TPSA) is 52.7 Å². The molecule has 0 radical (unpaired) electrons. The molecular formula is C22H25N3O2. The summed E-state index contributed by atoms with van der Waals surface area (Å²) in [5, 5.41) is 2.85. The molecule has 2 aliphatic rings. The molecule has 4 rings (SSSR count). The van der Waals surface area contributed by atoms with E-state index < -0.39 is 0 Å². The summed E-state index contributed by atoms with van der Waals surface area (Å²) in [5.41, 5.74) is 4.12. The first-order valence-corrected chi connectivity index (χ1v) is 9.59. The van der Waals surface area contributed by atoms with Crippen molar-refractivity contribution in [2.24, 2.45) is 5.92 Å². The lowest BCUT2D eigenvalue weighted by molar-refractivity contribution is -0.126. The number of nitrogens with zero attached hydrogens (tertiary/aromatic N) is 2. The number of fused-ring (bicyclic) bond motifs is 1. The van der Waals surface area contributed by atoms with Gasteiger partial charge in [-0.25, -0.2) is 0 Å². The van der Waals surface area contributed by atoms with E-state index in [0.29, 0.717) is 0 Å². The number of hydrogen-bond donors (Lipinski definition) is 1. The molecule has 5 nitrogen and oxygen atoms in total. The van der Waals surface area contributed by atoms with Crippen LogP contribution in [0.25, 0.3) is 0 Å². The SMILES string of the molecule is Cc1ccccc1CN1CCCC(C(=O)N2CC(=O)Nc3ccccc32)C1. The van der Waals surface area contributed by atoms with Crippen molar-refractivity contribution in [3.05, 3.63) is 59.7 Å². The molecule has 1 atom stereocenters. The van der Waals surface area contributed by atoms with Gasteiger partial charge in [0.05, 0.1) is 17.3 Å². The third kappa shape index (κ3) is 3.74. The van der Waals surface area contributed by atoms with Gasteiger partial charge in [0.2, 0.25) is 11.8 Å². The largest absolute Gasteiger partial charge is 0.323 e. The van der Waals surface area contributed by atoms with Gasteiger partial charge in [0, 0.05) is 13.1 Å². The van der Waals surface area contributed by atoms with E-state index in [1.54, 1.807) is 4.90 Å². The first-order chi connectivity index (χ1) is 13.1. The molecule has 2 aliphatic heterocycles. The summed E-state index contributed by atoms with van der Waals surface area (Å²) in [6.07, 6.45) is 1.88. The normalized spacial score (nSPS) is 20.1. The highest BCUT2D eigenvalue weighted by Crippen LogP contribution is 2.31. The molecule has 0 aliphatic carbocycles. The maximum absolute atomic E-state index is 13.2. The number of benzene rings is 2. The van der Waals surface area contributed by atoms with Crippen molar-refractivity contribution in [3.8, 4) is 0 Å². The van der Waals surface area contributed by atoms with Gasteiger partial charge >= 0.3 is 0 Å². The number of aryl methyl sites for hydroxylation is 1. The van der Waals surface area contributed by atoms with Gasteiger partial charge in [0.25, 0.3) is 0 Å². The van der Waals surface area contributed by atoms with Crippen LogP contribution < -0.4 is 10.2 Å². The van der Waals surface area contributed by atoms with E-state index in [-0.39, 0.29) is 24.3 Å². The van der Waals surface area contributed by atoms with Crippen LogP contribution in [-0.2, 0) is 16.1 Å². The fraction of sp³-hybridized carbons (Fsp3) is 0.364. The second-order valence-corrected chi connectivity index (χ2v) is 7.49. The molecule has 0 spiro atoms. The van der Waals surface area contributed by atoms with E-state index in [1.165, 1.54) is 11.1 Å². The fourth-order valence-electron chi connectivity index (χ4n) is 4.08. The maximum atomic E-state index is 13.2. The number of hydrogen-bond acceptors (Lipinski definition) is 3. The van der Waals surface area contributed by atoms with Gasteiger partial charge in [-0.1, -0.05) is 36.4 Å². The van der Waals surface area contributed by atoms with E-state index in [1.807, 2.05) is 24.3 Å². The summed E-state index contributed by atoms with van der Waals surface area (Å²) in [7, 11) is 0. The van der Waals surface area contributed by atoms with Crippen LogP contribution in [-0.4, -0.2) is 36.3 Å². The molecule has 1 unspecified atom stereocenters. The smallest absolute Gasteiger partial charge is 0.244 e. The summed E-state index contributed by atoms with van der Waals surface area (Å²) >= 11 is 0. The van der Waals surface area contributed by atoms with Gasteiger partial charge in [-0.2, -0.15) is 0 Å². The van der Waals surface area contributed by atoms with E-state index in [9.17, 15) is 9.59 Å². The van der Waals surface area contributed by atoms with Crippen LogP contribution in [0.15, 0.2) is 48.5 Å². The average Bonchev–Trinajstić information content (AvgIpc) is 2.69. The van der Waals surface area contributed by atoms with Crippen molar-refractivity contribution in [1.82, 2.24) is 4.90 Å². The number of amides is 2. The van der Waals surface area contributed by atoms with Gasteiger partial charge in [-0.15, -0.1) is 0 Å². The van der Waals surface area contributed by atoms with Crippen LogP contribution in [0, 0.1) is 12.8 Å². The zero-order chi connectivity index (χ0) is 18.8. The number of carbonyl (C=O) groups is 2. The second-order valence-electron chi connectivity index (χ2n) is 7.49. The Morgan fingerprint density at radius 2 is 1.93 bits per heavy atom. The minimum absolute atomic E-state index is 0.0618. The molecule has 0 saturated carbocycles. The molecule has 2 aromatic rings. The summed E-state index contributed by atoms with van der Waals surface area (Å²) in [6.45, 7) is 4.85. The van der Waals surface area contributed by atoms with E-state index in [0.717, 1.165) is 43.9 Å². The van der Waals surface area contributed by atoms with Crippen LogP contribution in [0.3, 0.4) is 0 Å². The predicted molar refractivity (Wildman–Crippen MR) is 107 cm³/mol. The van der Waals surface area contributed by atoms with Gasteiger partial charge in [-0.05, 0) is 49.6 Å². The lowest BCUT2D eigenvalue weighted by Crippen LogP contribution is -2.48. The molecule has 2 aromatic carbocycles. The average molecular weight is 363 g/mol. The lowest BCUT2D eigenvalue weighted by Gasteiger charge is -2.36. The Morgan fingerprint density at radius 1 is 1.15 bits per heavy atom. The molecule has 5 heteroatoms. The highest BCUT2D eigenvalue weighted by atomic mass is 16.2. The summed E-state index contributed by atoms with van der Waals surface area (Å²) in [6, 6.07) is 15.9. The van der Waals surface area contributed by atoms with Crippen LogP contribution in [0.5, 0.6) is 0 Å². The van der Waals surface area contributed by atoms with Gasteiger partial charge in [0.15, 0.2) is 0 Å². The summed E-state index contributed by atoms with van der Waals surface area (Å²) in [5.74, 6) is -0.136. The Bertz CT molecular complexity index is 864. The highest BCUT2D eigenvalue weighted by molar-refractivity contribution is 6.10. The Balaban J connectivity index is 1.49. The highest BCUT2D eigenvalue weighted by Gasteiger charge is 2.33. The third-order valence-corrected chi connectivity index (χ3v) is 5.55. The molecule has 2 heterocycles. The van der Waals surface area contributed by atoms with Crippen molar-refractivity contribution >= 4 is 23.2 Å². The molecule has 1 saturated heterocycles. The van der Waals surface area contributed by atoms with Gasteiger partial charge in [-0.3, -0.25) is 14.5 Å². The van der Waals surface area contributed by atoms with E-state index in [2.05, 4.69) is 41.4 Å². The van der Waals surface area contributed by atoms with Crippen molar-refractivity contribution in [2.75, 3.05) is 29.9 Å². The predicted octanol–water partition coefficient (Wildman–Crippen LogP) is 3.19. The molecule has 140 valence electrons. The Kier molecular flexibility index (Phi) is 4.94. The minimum atomic E-state index is -0.130. The molecular weight excluding hydrogens is 338 g/mol. The quantitative estimate of drug-likeness (QED) is 0.911. The monoisotopic (exact) mass is 363 g/mol. The number of anilines is 2. The summed E-state index contributed by atoms with van der Waals surface area (Å²) < 4.78 is 0. The van der Waals surface area contributed by atoms with Crippen molar-refractivity contribution in [1.29, 1.82) is 0 Å². The van der Waals surface area contributed by atoms with Crippen molar-refractivity contribution in [2.45, 2.75) is 26.3 Å². The molecule has 0 bridgehead atoms. The fourth-order valence-corrected chi connectivity index (χ4v) is 4.08. The number of piperidine rings is 1. The zero-order valence-corrected chi connectivity index (χ0v) is 15.6. The molecule has 1 N–H and O–H groups in total. The first-order valence-electron chi connectivity index (χ1n) is 9.59. The maximum Gasteiger partial charge on any atom is 0.244 e. The van der Waals surface area contributed by atoms with E-state index >= 15 is 0 Å². The molecule has 27 heavy (non-hydrogen) atoms. The number of carbonyl (C=O) groups excluding carboxylic acids is 2. The van der Waals surface area contributed by atoms with Gasteiger partial charge in [0.1, 0.15) is 6.54 Å². The molecule has 1 fully saturated rings.